The van der Waals surface area contributed by atoms with Crippen molar-refractivity contribution >= 4 is 45.2 Å². The molecule has 0 radical (unpaired) electrons. The molecule has 1 aliphatic carbocycles. The van der Waals surface area contributed by atoms with Crippen molar-refractivity contribution < 1.29 is 22.8 Å². The number of hydrogen-bond acceptors (Lipinski definition) is 7. The summed E-state index contributed by atoms with van der Waals surface area (Å²) in [5.41, 5.74) is 4.50. The number of carbonyl (C=O) groups is 2. The predicted octanol–water partition coefficient (Wildman–Crippen LogP) is 3.23. The Kier molecular flexibility index (Phi) is 8.94. The molecule has 0 bridgehead atoms. The van der Waals surface area contributed by atoms with E-state index in [1.54, 1.807) is 25.4 Å². The molecule has 1 aliphatic rings. The standard InChI is InChI=1S/C24H31N5O5S/c1-29(35(3,32)33)21-11-7-6-10-17(21)9-5-4-8-14-25-20-15-22(27-23(30)18-12-13-18)26-16-19(20)24(31)28-34-2/h6-7,10-11,14-16,18H,4-5,8-9,12-13H2,1-3H3,(H,28,31)(H,26,27,30). The molecular weight excluding hydrogens is 470 g/mol. The summed E-state index contributed by atoms with van der Waals surface area (Å²) in [5, 5.41) is 2.76. The second-order valence-electron chi connectivity index (χ2n) is 8.40. The number of para-hydroxylation sites is 1. The maximum atomic E-state index is 12.3. The summed E-state index contributed by atoms with van der Waals surface area (Å²) in [6, 6.07) is 9.01. The fourth-order valence-corrected chi connectivity index (χ4v) is 3.97. The van der Waals surface area contributed by atoms with E-state index in [0.29, 0.717) is 23.6 Å². The number of nitrogens with zero attached hydrogens (tertiary/aromatic N) is 3. The van der Waals surface area contributed by atoms with Crippen molar-refractivity contribution in [2.75, 3.05) is 30.0 Å². The first-order chi connectivity index (χ1) is 16.7. The van der Waals surface area contributed by atoms with Gasteiger partial charge >= 0.3 is 0 Å². The summed E-state index contributed by atoms with van der Waals surface area (Å²) < 4.78 is 25.1. The first-order valence-electron chi connectivity index (χ1n) is 11.4. The highest BCUT2D eigenvalue weighted by Gasteiger charge is 2.30. The van der Waals surface area contributed by atoms with Gasteiger partial charge in [0.15, 0.2) is 0 Å². The highest BCUT2D eigenvalue weighted by Crippen LogP contribution is 2.31. The van der Waals surface area contributed by atoms with Crippen LogP contribution in [-0.4, -0.2) is 51.8 Å². The van der Waals surface area contributed by atoms with Crippen LogP contribution in [0.15, 0.2) is 41.5 Å². The first kappa shape index (κ1) is 26.3. The van der Waals surface area contributed by atoms with E-state index in [4.69, 9.17) is 4.84 Å². The lowest BCUT2D eigenvalue weighted by atomic mass is 10.1. The lowest BCUT2D eigenvalue weighted by molar-refractivity contribution is -0.117. The molecule has 2 N–H and O–H groups in total. The minimum atomic E-state index is -3.34. The minimum absolute atomic E-state index is 0.0302. The number of aliphatic imine (C=N–C) groups is 1. The van der Waals surface area contributed by atoms with Crippen LogP contribution in [0.1, 0.15) is 48.0 Å². The number of carbonyl (C=O) groups excluding carboxylic acids is 2. The minimum Gasteiger partial charge on any atom is -0.310 e. The van der Waals surface area contributed by atoms with Crippen LogP contribution >= 0.6 is 0 Å². The number of nitrogens with one attached hydrogen (secondary N) is 2. The molecule has 1 aromatic carbocycles. The second-order valence-corrected chi connectivity index (χ2v) is 10.4. The van der Waals surface area contributed by atoms with E-state index in [1.165, 1.54) is 23.9 Å². The average molecular weight is 502 g/mol. The molecule has 1 aromatic heterocycles. The third-order valence-electron chi connectivity index (χ3n) is 5.61. The number of aryl methyl sites for hydroxylation is 1. The van der Waals surface area contributed by atoms with Crippen LogP contribution < -0.4 is 15.1 Å². The van der Waals surface area contributed by atoms with Gasteiger partial charge in [0.05, 0.1) is 30.3 Å². The van der Waals surface area contributed by atoms with Crippen LogP contribution in [0.4, 0.5) is 17.2 Å². The maximum Gasteiger partial charge on any atom is 0.278 e. The number of hydroxylamine groups is 1. The Balaban J connectivity index is 1.61. The van der Waals surface area contributed by atoms with Gasteiger partial charge in [0, 0.05) is 31.4 Å². The van der Waals surface area contributed by atoms with E-state index in [-0.39, 0.29) is 17.4 Å². The highest BCUT2D eigenvalue weighted by atomic mass is 32.2. The van der Waals surface area contributed by atoms with Gasteiger partial charge in [-0.2, -0.15) is 0 Å². The van der Waals surface area contributed by atoms with E-state index in [2.05, 4.69) is 20.8 Å². The molecule has 1 fully saturated rings. The van der Waals surface area contributed by atoms with Crippen molar-refractivity contribution in [1.29, 1.82) is 0 Å². The Morgan fingerprint density at radius 1 is 1.26 bits per heavy atom. The number of aromatic nitrogens is 1. The molecule has 2 aromatic rings. The fourth-order valence-electron chi connectivity index (χ4n) is 3.44. The van der Waals surface area contributed by atoms with Crippen molar-refractivity contribution in [3.05, 3.63) is 47.7 Å². The number of amides is 2. The van der Waals surface area contributed by atoms with Crippen molar-refractivity contribution in [3.63, 3.8) is 0 Å². The normalized spacial score (nSPS) is 13.6. The fraction of sp³-hybridized carbons (Fsp3) is 0.417. The number of rotatable bonds is 12. The Labute approximate surface area is 205 Å². The smallest absolute Gasteiger partial charge is 0.278 e. The van der Waals surface area contributed by atoms with Crippen LogP contribution in [0.5, 0.6) is 0 Å². The summed E-state index contributed by atoms with van der Waals surface area (Å²) >= 11 is 0. The van der Waals surface area contributed by atoms with Gasteiger partial charge in [0.1, 0.15) is 5.82 Å². The molecule has 35 heavy (non-hydrogen) atoms. The zero-order valence-corrected chi connectivity index (χ0v) is 21.0. The lowest BCUT2D eigenvalue weighted by Gasteiger charge is -2.20. The molecule has 0 spiro atoms. The molecule has 0 saturated heterocycles. The van der Waals surface area contributed by atoms with Crippen molar-refractivity contribution in [2.24, 2.45) is 10.9 Å². The summed E-state index contributed by atoms with van der Waals surface area (Å²) in [6.45, 7) is 0. The van der Waals surface area contributed by atoms with E-state index in [9.17, 15) is 18.0 Å². The molecule has 3 rings (SSSR count). The van der Waals surface area contributed by atoms with E-state index in [0.717, 1.165) is 37.7 Å². The van der Waals surface area contributed by atoms with Crippen LogP contribution in [0.3, 0.4) is 0 Å². The molecule has 0 aliphatic heterocycles. The van der Waals surface area contributed by atoms with Gasteiger partial charge < -0.3 is 5.32 Å². The van der Waals surface area contributed by atoms with Crippen LogP contribution in [0, 0.1) is 5.92 Å². The summed E-state index contributed by atoms with van der Waals surface area (Å²) in [5.74, 6) is -0.195. The van der Waals surface area contributed by atoms with Crippen LogP contribution in [0.25, 0.3) is 0 Å². The number of hydrogen-bond donors (Lipinski definition) is 2. The molecular formula is C24H31N5O5S. The molecule has 188 valence electrons. The predicted molar refractivity (Wildman–Crippen MR) is 135 cm³/mol. The van der Waals surface area contributed by atoms with E-state index in [1.807, 2.05) is 18.2 Å². The molecule has 11 heteroatoms. The van der Waals surface area contributed by atoms with Gasteiger partial charge in [-0.25, -0.2) is 18.9 Å². The zero-order valence-electron chi connectivity index (χ0n) is 20.2. The zero-order chi connectivity index (χ0) is 25.4. The maximum absolute atomic E-state index is 12.3. The Hall–Kier alpha value is -3.31. The largest absolute Gasteiger partial charge is 0.310 e. The summed E-state index contributed by atoms with van der Waals surface area (Å²) in [7, 11) is -0.450. The van der Waals surface area contributed by atoms with Gasteiger partial charge in [-0.15, -0.1) is 0 Å². The summed E-state index contributed by atoms with van der Waals surface area (Å²) in [6.07, 6.45) is 9.04. The van der Waals surface area contributed by atoms with Gasteiger partial charge in [-0.05, 0) is 50.2 Å². The van der Waals surface area contributed by atoms with E-state index < -0.39 is 15.9 Å². The van der Waals surface area contributed by atoms with Crippen LogP contribution in [0.2, 0.25) is 0 Å². The number of pyridine rings is 1. The van der Waals surface area contributed by atoms with Crippen molar-refractivity contribution in [2.45, 2.75) is 38.5 Å². The quantitative estimate of drug-likeness (QED) is 0.261. The molecule has 0 unspecified atom stereocenters. The van der Waals surface area contributed by atoms with Crippen molar-refractivity contribution in [1.82, 2.24) is 10.5 Å². The number of sulfonamides is 1. The third kappa shape index (κ3) is 7.59. The van der Waals surface area contributed by atoms with Gasteiger partial charge in [-0.1, -0.05) is 18.2 Å². The lowest BCUT2D eigenvalue weighted by Crippen LogP contribution is -2.25. The Bertz CT molecular complexity index is 1190. The number of benzene rings is 1. The van der Waals surface area contributed by atoms with Gasteiger partial charge in [0.2, 0.25) is 15.9 Å². The Morgan fingerprint density at radius 2 is 2.00 bits per heavy atom. The molecule has 1 heterocycles. The third-order valence-corrected chi connectivity index (χ3v) is 6.80. The van der Waals surface area contributed by atoms with E-state index >= 15 is 0 Å². The summed E-state index contributed by atoms with van der Waals surface area (Å²) in [4.78, 5) is 37.6. The average Bonchev–Trinajstić information content (AvgIpc) is 3.66. The SMILES string of the molecule is CONC(=O)c1cnc(NC(=O)C2CC2)cc1N=CCCCCc1ccccc1N(C)S(C)(=O)=O. The molecule has 2 amide bonds. The Morgan fingerprint density at radius 3 is 2.69 bits per heavy atom. The molecule has 1 saturated carbocycles. The first-order valence-corrected chi connectivity index (χ1v) is 13.2. The second kappa shape index (κ2) is 11.9. The molecule has 0 atom stereocenters. The topological polar surface area (TPSA) is 130 Å². The molecule has 10 nitrogen and oxygen atoms in total. The van der Waals surface area contributed by atoms with Crippen LogP contribution in [-0.2, 0) is 26.1 Å². The van der Waals surface area contributed by atoms with Gasteiger partial charge in [-0.3, -0.25) is 23.7 Å². The van der Waals surface area contributed by atoms with Crippen molar-refractivity contribution in [3.8, 4) is 0 Å². The number of unbranched alkanes of at least 4 members (excludes halogenated alkanes) is 2. The monoisotopic (exact) mass is 501 g/mol. The van der Waals surface area contributed by atoms with Gasteiger partial charge in [0.25, 0.3) is 5.91 Å². The highest BCUT2D eigenvalue weighted by molar-refractivity contribution is 7.92. The number of anilines is 2.